The first-order chi connectivity index (χ1) is 7.65. The molecule has 1 rings (SSSR count). The number of nitrogens with zero attached hydrogens (tertiary/aromatic N) is 1. The molecule has 0 saturated carbocycles. The van der Waals surface area contributed by atoms with Crippen LogP contribution in [-0.4, -0.2) is 49.4 Å². The summed E-state index contributed by atoms with van der Waals surface area (Å²) in [6.45, 7) is 1.31. The van der Waals surface area contributed by atoms with E-state index in [0.717, 1.165) is 39.5 Å². The van der Waals surface area contributed by atoms with Crippen molar-refractivity contribution in [3.63, 3.8) is 0 Å². The average Bonchev–Trinajstić information content (AvgIpc) is 2.35. The molecule has 6 nitrogen and oxygen atoms in total. The summed E-state index contributed by atoms with van der Waals surface area (Å²) in [7, 11) is 1.12. The number of methoxy groups -OCH3 is 1. The van der Waals surface area contributed by atoms with Gasteiger partial charge >= 0.3 is 11.9 Å². The molecule has 1 saturated heterocycles. The standard InChI is InChI=1S/C10H16N2O4/c1-16-10(15)9(14)11-7-8(13)12-5-3-2-4-6-12/h2-7H2,1H3,(H,11,14). The van der Waals surface area contributed by atoms with Crippen molar-refractivity contribution in [2.45, 2.75) is 19.3 Å². The van der Waals surface area contributed by atoms with E-state index in [0.29, 0.717) is 0 Å². The molecule has 0 aromatic carbocycles. The highest BCUT2D eigenvalue weighted by Crippen LogP contribution is 2.07. The van der Waals surface area contributed by atoms with Crippen molar-refractivity contribution in [1.29, 1.82) is 0 Å². The number of ether oxygens (including phenoxy) is 1. The lowest BCUT2D eigenvalue weighted by atomic mass is 10.1. The van der Waals surface area contributed by atoms with E-state index in [1.54, 1.807) is 4.90 Å². The van der Waals surface area contributed by atoms with Crippen LogP contribution in [0, 0.1) is 0 Å². The van der Waals surface area contributed by atoms with Crippen molar-refractivity contribution in [1.82, 2.24) is 10.2 Å². The lowest BCUT2D eigenvalue weighted by Crippen LogP contribution is -2.44. The minimum absolute atomic E-state index is 0.145. The summed E-state index contributed by atoms with van der Waals surface area (Å²) < 4.78 is 4.21. The molecule has 1 aliphatic heterocycles. The van der Waals surface area contributed by atoms with Crippen LogP contribution in [0.2, 0.25) is 0 Å². The molecule has 0 radical (unpaired) electrons. The molecule has 1 aliphatic rings. The molecule has 0 aliphatic carbocycles. The molecule has 0 aromatic rings. The van der Waals surface area contributed by atoms with Gasteiger partial charge in [0.25, 0.3) is 0 Å². The van der Waals surface area contributed by atoms with Gasteiger partial charge in [0.15, 0.2) is 0 Å². The molecule has 0 aromatic heterocycles. The summed E-state index contributed by atoms with van der Waals surface area (Å²) in [5.41, 5.74) is 0. The van der Waals surface area contributed by atoms with Gasteiger partial charge in [0.1, 0.15) is 0 Å². The fourth-order valence-corrected chi connectivity index (χ4v) is 1.58. The number of carbonyl (C=O) groups is 3. The van der Waals surface area contributed by atoms with Crippen molar-refractivity contribution >= 4 is 17.8 Å². The van der Waals surface area contributed by atoms with Crippen LogP contribution >= 0.6 is 0 Å². The van der Waals surface area contributed by atoms with Crippen LogP contribution in [0.5, 0.6) is 0 Å². The Hall–Kier alpha value is -1.59. The SMILES string of the molecule is COC(=O)C(=O)NCC(=O)N1CCCCC1. The molecule has 0 unspecified atom stereocenters. The number of piperidine rings is 1. The van der Waals surface area contributed by atoms with Gasteiger partial charge < -0.3 is 15.0 Å². The zero-order valence-electron chi connectivity index (χ0n) is 9.32. The maximum Gasteiger partial charge on any atom is 0.396 e. The van der Waals surface area contributed by atoms with E-state index in [-0.39, 0.29) is 12.5 Å². The number of amides is 2. The predicted octanol–water partition coefficient (Wildman–Crippen LogP) is -0.712. The summed E-state index contributed by atoms with van der Waals surface area (Å²) in [5.74, 6) is -2.02. The van der Waals surface area contributed by atoms with E-state index in [1.807, 2.05) is 0 Å². The zero-order chi connectivity index (χ0) is 12.0. The number of nitrogens with one attached hydrogen (secondary N) is 1. The summed E-state index contributed by atoms with van der Waals surface area (Å²) in [5, 5.41) is 2.23. The Morgan fingerprint density at radius 1 is 1.19 bits per heavy atom. The Balaban J connectivity index is 2.28. The van der Waals surface area contributed by atoms with Crippen molar-refractivity contribution < 1.29 is 19.1 Å². The smallest absolute Gasteiger partial charge is 0.396 e. The Kier molecular flexibility index (Phi) is 4.75. The van der Waals surface area contributed by atoms with Gasteiger partial charge in [-0.3, -0.25) is 9.59 Å². The highest BCUT2D eigenvalue weighted by atomic mass is 16.5. The largest absolute Gasteiger partial charge is 0.462 e. The Morgan fingerprint density at radius 2 is 1.81 bits per heavy atom. The third kappa shape index (κ3) is 3.52. The van der Waals surface area contributed by atoms with Crippen LogP contribution < -0.4 is 5.32 Å². The number of hydrogen-bond donors (Lipinski definition) is 1. The second-order valence-corrected chi connectivity index (χ2v) is 3.62. The van der Waals surface area contributed by atoms with E-state index >= 15 is 0 Å². The van der Waals surface area contributed by atoms with E-state index in [9.17, 15) is 14.4 Å². The number of carbonyl (C=O) groups excluding carboxylic acids is 3. The highest BCUT2D eigenvalue weighted by Gasteiger charge is 2.19. The molecule has 2 amide bonds. The van der Waals surface area contributed by atoms with Crippen molar-refractivity contribution in [3.8, 4) is 0 Å². The third-order valence-electron chi connectivity index (χ3n) is 2.48. The van der Waals surface area contributed by atoms with Crippen LogP contribution in [0.15, 0.2) is 0 Å². The lowest BCUT2D eigenvalue weighted by molar-refractivity contribution is -0.153. The summed E-state index contributed by atoms with van der Waals surface area (Å²) in [6.07, 6.45) is 3.13. The number of likely N-dealkylation sites (tertiary alicyclic amines) is 1. The number of hydrogen-bond acceptors (Lipinski definition) is 4. The topological polar surface area (TPSA) is 75.7 Å². The van der Waals surface area contributed by atoms with Gasteiger partial charge in [-0.15, -0.1) is 0 Å². The molecule has 6 heteroatoms. The minimum Gasteiger partial charge on any atom is -0.462 e. The van der Waals surface area contributed by atoms with Gasteiger partial charge in [-0.05, 0) is 19.3 Å². The molecule has 0 atom stereocenters. The zero-order valence-corrected chi connectivity index (χ0v) is 9.32. The molecular formula is C10H16N2O4. The van der Waals surface area contributed by atoms with Gasteiger partial charge in [-0.1, -0.05) is 0 Å². The molecule has 1 heterocycles. The molecule has 1 N–H and O–H groups in total. The maximum atomic E-state index is 11.6. The minimum atomic E-state index is -0.980. The van der Waals surface area contributed by atoms with E-state index in [2.05, 4.69) is 10.1 Å². The van der Waals surface area contributed by atoms with Gasteiger partial charge in [0, 0.05) is 13.1 Å². The van der Waals surface area contributed by atoms with Crippen LogP contribution in [0.3, 0.4) is 0 Å². The van der Waals surface area contributed by atoms with Gasteiger partial charge in [-0.25, -0.2) is 4.79 Å². The Morgan fingerprint density at radius 3 is 2.38 bits per heavy atom. The van der Waals surface area contributed by atoms with Crippen molar-refractivity contribution in [2.75, 3.05) is 26.7 Å². The number of esters is 1. The Labute approximate surface area is 93.9 Å². The summed E-state index contributed by atoms with van der Waals surface area (Å²) in [4.78, 5) is 35.0. The van der Waals surface area contributed by atoms with Gasteiger partial charge in [-0.2, -0.15) is 0 Å². The molecular weight excluding hydrogens is 212 g/mol. The molecule has 90 valence electrons. The van der Waals surface area contributed by atoms with E-state index in [1.165, 1.54) is 0 Å². The second kappa shape index (κ2) is 6.09. The first kappa shape index (κ1) is 12.5. The predicted molar refractivity (Wildman–Crippen MR) is 55.5 cm³/mol. The molecule has 1 fully saturated rings. The van der Waals surface area contributed by atoms with E-state index < -0.39 is 11.9 Å². The third-order valence-corrected chi connectivity index (χ3v) is 2.48. The fraction of sp³-hybridized carbons (Fsp3) is 0.700. The van der Waals surface area contributed by atoms with Crippen LogP contribution in [0.1, 0.15) is 19.3 Å². The van der Waals surface area contributed by atoms with Gasteiger partial charge in [0.2, 0.25) is 5.91 Å². The number of rotatable bonds is 2. The second-order valence-electron chi connectivity index (χ2n) is 3.62. The first-order valence-electron chi connectivity index (χ1n) is 5.29. The summed E-state index contributed by atoms with van der Waals surface area (Å²) >= 11 is 0. The Bertz CT molecular complexity index is 285. The van der Waals surface area contributed by atoms with E-state index in [4.69, 9.17) is 0 Å². The lowest BCUT2D eigenvalue weighted by Gasteiger charge is -2.26. The molecule has 16 heavy (non-hydrogen) atoms. The summed E-state index contributed by atoms with van der Waals surface area (Å²) in [6, 6.07) is 0. The van der Waals surface area contributed by atoms with Crippen LogP contribution in [-0.2, 0) is 19.1 Å². The maximum absolute atomic E-state index is 11.6. The van der Waals surface area contributed by atoms with Gasteiger partial charge in [0.05, 0.1) is 13.7 Å². The van der Waals surface area contributed by atoms with Crippen molar-refractivity contribution in [3.05, 3.63) is 0 Å². The van der Waals surface area contributed by atoms with Crippen molar-refractivity contribution in [2.24, 2.45) is 0 Å². The normalized spacial score (nSPS) is 15.4. The first-order valence-corrected chi connectivity index (χ1v) is 5.29. The van der Waals surface area contributed by atoms with Crippen LogP contribution in [0.4, 0.5) is 0 Å². The highest BCUT2D eigenvalue weighted by molar-refractivity contribution is 6.32. The fourth-order valence-electron chi connectivity index (χ4n) is 1.58. The average molecular weight is 228 g/mol. The monoisotopic (exact) mass is 228 g/mol. The molecule has 0 spiro atoms. The molecule has 0 bridgehead atoms. The van der Waals surface area contributed by atoms with Crippen LogP contribution in [0.25, 0.3) is 0 Å². The quantitative estimate of drug-likeness (QED) is 0.500.